The van der Waals surface area contributed by atoms with Crippen molar-refractivity contribution in [3.8, 4) is 0 Å². The third-order valence-corrected chi connectivity index (χ3v) is 9.33. The van der Waals surface area contributed by atoms with Crippen molar-refractivity contribution in [2.45, 2.75) is 29.0 Å². The fraction of sp³-hybridized carbons (Fsp3) is 0.318. The van der Waals surface area contributed by atoms with Gasteiger partial charge < -0.3 is 0 Å². The van der Waals surface area contributed by atoms with Crippen molar-refractivity contribution in [3.05, 3.63) is 73.8 Å². The Hall–Kier alpha value is -2.01. The average Bonchev–Trinajstić information content (AvgIpc) is 3.02. The number of benzene rings is 2. The molecule has 1 aliphatic heterocycles. The van der Waals surface area contributed by atoms with E-state index < -0.39 is 41.0 Å². The third-order valence-electron chi connectivity index (χ3n) is 6.03. The number of amides is 3. The largest absolute Gasteiger partial charge is 0.275 e. The number of nitro groups is 1. The van der Waals surface area contributed by atoms with E-state index in [9.17, 15) is 24.5 Å². The van der Waals surface area contributed by atoms with Crippen LogP contribution < -0.4 is 0 Å². The molecule has 2 aliphatic rings. The summed E-state index contributed by atoms with van der Waals surface area (Å²) in [5.74, 6) is -2.97. The molecule has 12 heteroatoms. The molecule has 0 spiro atoms. The molecule has 0 radical (unpaired) electrons. The van der Waals surface area contributed by atoms with Crippen molar-refractivity contribution in [1.29, 1.82) is 0 Å². The van der Waals surface area contributed by atoms with Gasteiger partial charge in [-0.25, -0.2) is 5.01 Å². The molecule has 1 aliphatic carbocycles. The number of hydrogen-bond acceptors (Lipinski definition) is 5. The Morgan fingerprint density at radius 2 is 1.65 bits per heavy atom. The molecule has 4 atom stereocenters. The van der Waals surface area contributed by atoms with Gasteiger partial charge in [-0.1, -0.05) is 67.2 Å². The van der Waals surface area contributed by atoms with Crippen LogP contribution in [0.5, 0.6) is 0 Å². The highest BCUT2D eigenvalue weighted by atomic mass is 79.9. The topological polar surface area (TPSA) is 101 Å². The van der Waals surface area contributed by atoms with Gasteiger partial charge in [0.2, 0.25) is 0 Å². The molecule has 1 heterocycles. The molecule has 0 bridgehead atoms. The van der Waals surface area contributed by atoms with Crippen LogP contribution in [0.3, 0.4) is 0 Å². The van der Waals surface area contributed by atoms with E-state index in [4.69, 9.17) is 23.2 Å². The van der Waals surface area contributed by atoms with Crippen molar-refractivity contribution in [1.82, 2.24) is 10.0 Å². The fourth-order valence-electron chi connectivity index (χ4n) is 4.32. The zero-order valence-electron chi connectivity index (χ0n) is 17.4. The lowest BCUT2D eigenvalue weighted by Gasteiger charge is -2.30. The summed E-state index contributed by atoms with van der Waals surface area (Å²) in [6.45, 7) is -0.399. The first-order valence-corrected chi connectivity index (χ1v) is 12.8. The molecule has 2 fully saturated rings. The van der Waals surface area contributed by atoms with Crippen LogP contribution in [0.15, 0.2) is 42.5 Å². The van der Waals surface area contributed by atoms with E-state index in [1.165, 1.54) is 24.3 Å². The summed E-state index contributed by atoms with van der Waals surface area (Å²) in [6, 6.07) is 10.2. The van der Waals surface area contributed by atoms with E-state index in [-0.39, 0.29) is 36.5 Å². The maximum atomic E-state index is 13.6. The van der Waals surface area contributed by atoms with Gasteiger partial charge in [-0.2, -0.15) is 5.01 Å². The molecule has 3 amide bonds. The lowest BCUT2D eigenvalue weighted by Crippen LogP contribution is -2.50. The molecular formula is C22H17Br2Cl2N3O5. The maximum absolute atomic E-state index is 13.6. The van der Waals surface area contributed by atoms with Crippen molar-refractivity contribution in [2.75, 3.05) is 0 Å². The highest BCUT2D eigenvalue weighted by Gasteiger charge is 2.54. The minimum absolute atomic E-state index is 0.0180. The monoisotopic (exact) mass is 631 g/mol. The van der Waals surface area contributed by atoms with Gasteiger partial charge in [-0.3, -0.25) is 24.5 Å². The molecule has 0 N–H and O–H groups in total. The number of fused-ring (bicyclic) bond motifs is 1. The van der Waals surface area contributed by atoms with E-state index >= 15 is 0 Å². The third kappa shape index (κ3) is 4.60. The number of carbonyl (C=O) groups excluding carboxylic acids is 3. The summed E-state index contributed by atoms with van der Waals surface area (Å²) in [4.78, 5) is 51.4. The van der Waals surface area contributed by atoms with Crippen LogP contribution in [0, 0.1) is 22.0 Å². The van der Waals surface area contributed by atoms with Crippen molar-refractivity contribution in [3.63, 3.8) is 0 Å². The summed E-state index contributed by atoms with van der Waals surface area (Å²) < 4.78 is 0. The second-order valence-corrected chi connectivity index (χ2v) is 11.3. The van der Waals surface area contributed by atoms with E-state index in [0.29, 0.717) is 12.8 Å². The molecule has 1 saturated heterocycles. The Labute approximate surface area is 221 Å². The van der Waals surface area contributed by atoms with Gasteiger partial charge in [-0.15, -0.1) is 0 Å². The normalized spacial score (nSPS) is 24.2. The van der Waals surface area contributed by atoms with Crippen LogP contribution in [0.25, 0.3) is 0 Å². The molecule has 8 nitrogen and oxygen atoms in total. The molecule has 4 rings (SSSR count). The summed E-state index contributed by atoms with van der Waals surface area (Å²) in [6.07, 6.45) is 0.827. The number of nitrogens with zero attached hydrogens (tertiary/aromatic N) is 3. The van der Waals surface area contributed by atoms with Gasteiger partial charge in [0, 0.05) is 20.7 Å². The Balaban J connectivity index is 1.79. The second-order valence-electron chi connectivity index (χ2n) is 8.08. The van der Waals surface area contributed by atoms with Crippen LogP contribution in [0.4, 0.5) is 5.69 Å². The maximum Gasteiger partial charge on any atom is 0.275 e. The molecule has 2 aromatic rings. The number of halogens is 4. The highest BCUT2D eigenvalue weighted by Crippen LogP contribution is 2.44. The van der Waals surface area contributed by atoms with Crippen molar-refractivity contribution >= 4 is 78.5 Å². The van der Waals surface area contributed by atoms with Crippen LogP contribution in [0.1, 0.15) is 28.8 Å². The summed E-state index contributed by atoms with van der Waals surface area (Å²) >= 11 is 19.2. The van der Waals surface area contributed by atoms with Crippen LogP contribution in [0.2, 0.25) is 10.0 Å². The van der Waals surface area contributed by atoms with Gasteiger partial charge in [0.05, 0.1) is 39.5 Å². The molecule has 178 valence electrons. The van der Waals surface area contributed by atoms with Crippen molar-refractivity contribution in [2.24, 2.45) is 11.8 Å². The van der Waals surface area contributed by atoms with Crippen LogP contribution >= 0.6 is 55.1 Å². The van der Waals surface area contributed by atoms with Gasteiger partial charge in [0.25, 0.3) is 23.4 Å². The predicted octanol–water partition coefficient (Wildman–Crippen LogP) is 5.38. The zero-order valence-corrected chi connectivity index (χ0v) is 22.1. The van der Waals surface area contributed by atoms with E-state index in [1.807, 2.05) is 0 Å². The number of carbonyl (C=O) groups is 3. The molecule has 0 unspecified atom stereocenters. The van der Waals surface area contributed by atoms with Gasteiger partial charge in [0.1, 0.15) is 0 Å². The summed E-state index contributed by atoms with van der Waals surface area (Å²) in [7, 11) is 0. The molecule has 34 heavy (non-hydrogen) atoms. The highest BCUT2D eigenvalue weighted by molar-refractivity contribution is 9.12. The first kappa shape index (κ1) is 25.1. The standard InChI is InChI=1S/C22H17Br2Cl2N3O5/c23-16-8-14-15(9-17(16)24)22(32)28(21(14)31)27(20(30)13-3-1-2-4-18(13)26)10-11-5-6-12(25)7-19(11)29(33)34/h1-7,14-17H,8-10H2/t14-,15-,16-,17+/m1/s1. The number of alkyl halides is 2. The Kier molecular flexibility index (Phi) is 7.33. The minimum Gasteiger partial charge on any atom is -0.272 e. The summed E-state index contributed by atoms with van der Waals surface area (Å²) in [5.41, 5.74) is -0.156. The van der Waals surface area contributed by atoms with E-state index in [2.05, 4.69) is 31.9 Å². The number of imide groups is 1. The Bertz CT molecular complexity index is 1170. The lowest BCUT2D eigenvalue weighted by molar-refractivity contribution is -0.385. The van der Waals surface area contributed by atoms with Gasteiger partial charge in [-0.05, 0) is 37.1 Å². The van der Waals surface area contributed by atoms with Crippen molar-refractivity contribution < 1.29 is 19.3 Å². The Morgan fingerprint density at radius 3 is 2.21 bits per heavy atom. The smallest absolute Gasteiger partial charge is 0.272 e. The molecular weight excluding hydrogens is 617 g/mol. The van der Waals surface area contributed by atoms with Gasteiger partial charge in [0.15, 0.2) is 0 Å². The quantitative estimate of drug-likeness (QED) is 0.190. The number of nitro benzene ring substituents is 1. The van der Waals surface area contributed by atoms with Crippen LogP contribution in [-0.4, -0.2) is 42.3 Å². The lowest BCUT2D eigenvalue weighted by atomic mass is 9.81. The second kappa shape index (κ2) is 9.93. The fourth-order valence-corrected chi connectivity index (χ4v) is 5.94. The molecule has 0 aromatic heterocycles. The van der Waals surface area contributed by atoms with E-state index in [0.717, 1.165) is 16.1 Å². The Morgan fingerprint density at radius 1 is 1.06 bits per heavy atom. The minimum atomic E-state index is -0.721. The summed E-state index contributed by atoms with van der Waals surface area (Å²) in [5, 5.41) is 13.7. The average molecular weight is 634 g/mol. The van der Waals surface area contributed by atoms with Gasteiger partial charge >= 0.3 is 0 Å². The van der Waals surface area contributed by atoms with Crippen LogP contribution in [-0.2, 0) is 16.1 Å². The first-order valence-electron chi connectivity index (χ1n) is 10.2. The molecule has 1 saturated carbocycles. The number of hydrazine groups is 1. The number of hydrogen-bond donors (Lipinski definition) is 0. The molecule has 2 aromatic carbocycles. The predicted molar refractivity (Wildman–Crippen MR) is 133 cm³/mol. The first-order chi connectivity index (χ1) is 16.1. The number of rotatable bonds is 5. The zero-order chi connectivity index (χ0) is 24.7. The van der Waals surface area contributed by atoms with E-state index in [1.54, 1.807) is 12.1 Å². The SMILES string of the molecule is O=C(c1ccccc1Cl)N(Cc1ccc(Cl)cc1[N+](=O)[O-])N1C(=O)[C@@H]2C[C@@H](Br)[C@@H](Br)C[C@H]2C1=O.